The minimum atomic E-state index is -1.08. The number of nitrogens with one attached hydrogen (secondary N) is 1. The highest BCUT2D eigenvalue weighted by atomic mass is 16.5. The smallest absolute Gasteiger partial charge is 0.354 e. The Morgan fingerprint density at radius 2 is 1.95 bits per heavy atom. The Bertz CT molecular complexity index is 627. The summed E-state index contributed by atoms with van der Waals surface area (Å²) in [4.78, 5) is 19.5. The minimum Gasteiger partial charge on any atom is -0.494 e. The highest BCUT2D eigenvalue weighted by molar-refractivity contribution is 5.87. The van der Waals surface area contributed by atoms with Gasteiger partial charge in [0.15, 0.2) is 11.5 Å². The van der Waals surface area contributed by atoms with Crippen LogP contribution in [0.4, 0.5) is 5.82 Å². The van der Waals surface area contributed by atoms with Crippen LogP contribution in [0.5, 0.6) is 5.75 Å². The molecular formula is C15H17N3O3. The number of aromatic carboxylic acids is 1. The van der Waals surface area contributed by atoms with E-state index in [0.717, 1.165) is 11.3 Å². The lowest BCUT2D eigenvalue weighted by Gasteiger charge is -2.08. The largest absolute Gasteiger partial charge is 0.494 e. The number of carboxylic acid groups (broad SMARTS) is 1. The van der Waals surface area contributed by atoms with Crippen LogP contribution < -0.4 is 10.1 Å². The number of benzene rings is 1. The number of carbonyl (C=O) groups is 1. The molecule has 6 nitrogen and oxygen atoms in total. The lowest BCUT2D eigenvalue weighted by atomic mass is 10.2. The molecule has 0 atom stereocenters. The first-order valence-corrected chi connectivity index (χ1v) is 6.73. The molecular weight excluding hydrogens is 270 g/mol. The van der Waals surface area contributed by atoms with Crippen LogP contribution in [-0.2, 0) is 0 Å². The Balaban J connectivity index is 2.39. The zero-order valence-corrected chi connectivity index (χ0v) is 12.0. The average Bonchev–Trinajstić information content (AvgIpc) is 2.48. The molecule has 0 bridgehead atoms. The Kier molecular flexibility index (Phi) is 4.71. The molecule has 0 saturated heterocycles. The van der Waals surface area contributed by atoms with Crippen LogP contribution in [-0.4, -0.2) is 34.2 Å². The minimum absolute atomic E-state index is 0.0372. The number of hydrogen-bond acceptors (Lipinski definition) is 5. The van der Waals surface area contributed by atoms with Crippen molar-refractivity contribution in [2.75, 3.05) is 18.5 Å². The molecule has 0 radical (unpaired) electrons. The van der Waals surface area contributed by atoms with Crippen LogP contribution in [0.15, 0.2) is 30.3 Å². The second kappa shape index (κ2) is 6.69. The molecule has 2 N–H and O–H groups in total. The van der Waals surface area contributed by atoms with Crippen molar-refractivity contribution in [3.63, 3.8) is 0 Å². The Morgan fingerprint density at radius 1 is 1.24 bits per heavy atom. The van der Waals surface area contributed by atoms with E-state index in [9.17, 15) is 4.79 Å². The number of carboxylic acids is 1. The van der Waals surface area contributed by atoms with Crippen LogP contribution in [0, 0.1) is 0 Å². The molecule has 1 aromatic heterocycles. The summed E-state index contributed by atoms with van der Waals surface area (Å²) in [5, 5.41) is 12.1. The fraction of sp³-hybridized carbons (Fsp3) is 0.267. The van der Waals surface area contributed by atoms with E-state index in [1.807, 2.05) is 38.1 Å². The van der Waals surface area contributed by atoms with Gasteiger partial charge in [0.25, 0.3) is 0 Å². The number of hydrogen-bond donors (Lipinski definition) is 2. The van der Waals surface area contributed by atoms with E-state index in [0.29, 0.717) is 24.8 Å². The van der Waals surface area contributed by atoms with E-state index in [1.165, 1.54) is 6.07 Å². The molecule has 110 valence electrons. The molecule has 1 heterocycles. The van der Waals surface area contributed by atoms with Gasteiger partial charge < -0.3 is 15.2 Å². The van der Waals surface area contributed by atoms with E-state index in [4.69, 9.17) is 9.84 Å². The third kappa shape index (κ3) is 3.68. The first-order valence-electron chi connectivity index (χ1n) is 6.73. The first-order chi connectivity index (χ1) is 10.1. The molecule has 1 aromatic carbocycles. The Morgan fingerprint density at radius 3 is 2.52 bits per heavy atom. The van der Waals surface area contributed by atoms with Gasteiger partial charge in [0.2, 0.25) is 0 Å². The van der Waals surface area contributed by atoms with Gasteiger partial charge in [-0.05, 0) is 38.1 Å². The molecule has 21 heavy (non-hydrogen) atoms. The molecule has 0 amide bonds. The van der Waals surface area contributed by atoms with Crippen molar-refractivity contribution in [2.24, 2.45) is 0 Å². The van der Waals surface area contributed by atoms with Crippen molar-refractivity contribution < 1.29 is 14.6 Å². The summed E-state index contributed by atoms with van der Waals surface area (Å²) in [6, 6.07) is 8.65. The van der Waals surface area contributed by atoms with E-state index < -0.39 is 5.97 Å². The standard InChI is InChI=1S/C15H17N3O3/c1-3-16-13-9-12(15(19)20)17-14(18-13)10-5-7-11(8-6-10)21-4-2/h5-9H,3-4H2,1-2H3,(H,19,20)(H,16,17,18). The third-order valence-corrected chi connectivity index (χ3v) is 2.73. The van der Waals surface area contributed by atoms with Crippen molar-refractivity contribution in [1.29, 1.82) is 0 Å². The van der Waals surface area contributed by atoms with E-state index in [1.54, 1.807) is 0 Å². The van der Waals surface area contributed by atoms with Gasteiger partial charge in [0.1, 0.15) is 11.6 Å². The van der Waals surface area contributed by atoms with Gasteiger partial charge in [0.05, 0.1) is 6.61 Å². The van der Waals surface area contributed by atoms with Crippen molar-refractivity contribution in [2.45, 2.75) is 13.8 Å². The van der Waals surface area contributed by atoms with E-state index in [-0.39, 0.29) is 5.69 Å². The second-order valence-corrected chi connectivity index (χ2v) is 4.25. The Hall–Kier alpha value is -2.63. The molecule has 2 aromatic rings. The zero-order valence-electron chi connectivity index (χ0n) is 12.0. The van der Waals surface area contributed by atoms with Gasteiger partial charge >= 0.3 is 5.97 Å². The summed E-state index contributed by atoms with van der Waals surface area (Å²) < 4.78 is 5.37. The maximum atomic E-state index is 11.1. The summed E-state index contributed by atoms with van der Waals surface area (Å²) in [6.45, 7) is 5.07. The van der Waals surface area contributed by atoms with Gasteiger partial charge in [-0.2, -0.15) is 0 Å². The van der Waals surface area contributed by atoms with Gasteiger partial charge in [-0.15, -0.1) is 0 Å². The Labute approximate surface area is 122 Å². The fourth-order valence-corrected chi connectivity index (χ4v) is 1.82. The normalized spacial score (nSPS) is 10.2. The SMILES string of the molecule is CCNc1cc(C(=O)O)nc(-c2ccc(OCC)cc2)n1. The molecule has 2 rings (SSSR count). The predicted molar refractivity (Wildman–Crippen MR) is 79.8 cm³/mol. The predicted octanol–water partition coefficient (Wildman–Crippen LogP) is 2.67. The van der Waals surface area contributed by atoms with Gasteiger partial charge in [-0.25, -0.2) is 14.8 Å². The highest BCUT2D eigenvalue weighted by Gasteiger charge is 2.11. The highest BCUT2D eigenvalue weighted by Crippen LogP contribution is 2.21. The molecule has 0 aliphatic carbocycles. The lowest BCUT2D eigenvalue weighted by molar-refractivity contribution is 0.0690. The zero-order chi connectivity index (χ0) is 15.2. The molecule has 0 fully saturated rings. The van der Waals surface area contributed by atoms with Crippen molar-refractivity contribution in [3.8, 4) is 17.1 Å². The summed E-state index contributed by atoms with van der Waals surface area (Å²) in [5.41, 5.74) is 0.700. The van der Waals surface area contributed by atoms with Crippen LogP contribution in [0.1, 0.15) is 24.3 Å². The van der Waals surface area contributed by atoms with E-state index >= 15 is 0 Å². The summed E-state index contributed by atoms with van der Waals surface area (Å²) in [5.74, 6) is 0.536. The quantitative estimate of drug-likeness (QED) is 0.849. The van der Waals surface area contributed by atoms with Gasteiger partial charge in [-0.1, -0.05) is 0 Å². The fourth-order valence-electron chi connectivity index (χ4n) is 1.82. The molecule has 0 aliphatic rings. The third-order valence-electron chi connectivity index (χ3n) is 2.73. The van der Waals surface area contributed by atoms with Crippen LogP contribution in [0.2, 0.25) is 0 Å². The van der Waals surface area contributed by atoms with Crippen molar-refractivity contribution in [3.05, 3.63) is 36.0 Å². The number of anilines is 1. The molecule has 0 saturated carbocycles. The van der Waals surface area contributed by atoms with Crippen molar-refractivity contribution in [1.82, 2.24) is 9.97 Å². The first kappa shape index (κ1) is 14.8. The number of nitrogens with zero attached hydrogens (tertiary/aromatic N) is 2. The van der Waals surface area contributed by atoms with Crippen LogP contribution in [0.25, 0.3) is 11.4 Å². The summed E-state index contributed by atoms with van der Waals surface area (Å²) >= 11 is 0. The number of aromatic nitrogens is 2. The van der Waals surface area contributed by atoms with Crippen LogP contribution in [0.3, 0.4) is 0 Å². The maximum absolute atomic E-state index is 11.1. The summed E-state index contributed by atoms with van der Waals surface area (Å²) in [7, 11) is 0. The van der Waals surface area contributed by atoms with E-state index in [2.05, 4.69) is 15.3 Å². The number of ether oxygens (including phenoxy) is 1. The average molecular weight is 287 g/mol. The monoisotopic (exact) mass is 287 g/mol. The molecule has 0 unspecified atom stereocenters. The maximum Gasteiger partial charge on any atom is 0.354 e. The summed E-state index contributed by atoms with van der Waals surface area (Å²) in [6.07, 6.45) is 0. The topological polar surface area (TPSA) is 84.3 Å². The second-order valence-electron chi connectivity index (χ2n) is 4.25. The molecule has 0 aliphatic heterocycles. The van der Waals surface area contributed by atoms with Gasteiger partial charge in [-0.3, -0.25) is 0 Å². The number of rotatable bonds is 6. The lowest BCUT2D eigenvalue weighted by Crippen LogP contribution is -2.07. The van der Waals surface area contributed by atoms with Gasteiger partial charge in [0, 0.05) is 18.2 Å². The van der Waals surface area contributed by atoms with Crippen molar-refractivity contribution >= 4 is 11.8 Å². The van der Waals surface area contributed by atoms with Crippen LogP contribution >= 0.6 is 0 Å². The molecule has 6 heteroatoms. The molecule has 0 spiro atoms.